The fraction of sp³-hybridized carbons (Fsp3) is 0.273. The summed E-state index contributed by atoms with van der Waals surface area (Å²) in [5.74, 6) is 0.982. The first-order valence-electron chi connectivity index (χ1n) is 4.85. The van der Waals surface area contributed by atoms with Crippen LogP contribution in [0.5, 0.6) is 0 Å². The summed E-state index contributed by atoms with van der Waals surface area (Å²) in [6.07, 6.45) is 0.417. The van der Waals surface area contributed by atoms with Crippen molar-refractivity contribution < 1.29 is 4.79 Å². The van der Waals surface area contributed by atoms with E-state index in [9.17, 15) is 4.79 Å². The Kier molecular flexibility index (Phi) is 3.40. The molecule has 3 nitrogen and oxygen atoms in total. The third kappa shape index (κ3) is 3.09. The van der Waals surface area contributed by atoms with Crippen LogP contribution in [0.1, 0.15) is 5.56 Å². The summed E-state index contributed by atoms with van der Waals surface area (Å²) in [4.78, 5) is 15.7. The predicted octanol–water partition coefficient (Wildman–Crippen LogP) is 1.45. The Morgan fingerprint density at radius 1 is 1.40 bits per heavy atom. The zero-order valence-corrected chi connectivity index (χ0v) is 9.09. The van der Waals surface area contributed by atoms with Gasteiger partial charge in [-0.3, -0.25) is 9.79 Å². The van der Waals surface area contributed by atoms with Gasteiger partial charge in [0.05, 0.1) is 13.0 Å². The predicted molar refractivity (Wildman–Crippen MR) is 63.0 cm³/mol. The highest BCUT2D eigenvalue weighted by Crippen LogP contribution is 2.09. The van der Waals surface area contributed by atoms with E-state index in [1.807, 2.05) is 30.3 Å². The lowest BCUT2D eigenvalue weighted by molar-refractivity contribution is -0.119. The van der Waals surface area contributed by atoms with Crippen LogP contribution in [-0.2, 0) is 11.2 Å². The molecule has 4 heteroatoms. The number of carbonyl (C=O) groups excluding carboxylic acids is 1. The lowest BCUT2D eigenvalue weighted by atomic mass is 10.1. The van der Waals surface area contributed by atoms with Crippen LogP contribution in [-0.4, -0.2) is 23.4 Å². The molecule has 1 aromatic carbocycles. The molecular weight excluding hydrogens is 208 g/mol. The van der Waals surface area contributed by atoms with Gasteiger partial charge in [-0.2, -0.15) is 0 Å². The smallest absolute Gasteiger partial charge is 0.230 e. The van der Waals surface area contributed by atoms with E-state index >= 15 is 0 Å². The van der Waals surface area contributed by atoms with Gasteiger partial charge in [0.2, 0.25) is 5.91 Å². The van der Waals surface area contributed by atoms with Crippen LogP contribution in [0.3, 0.4) is 0 Å². The Labute approximate surface area is 93.0 Å². The molecule has 0 atom stereocenters. The fourth-order valence-corrected chi connectivity index (χ4v) is 2.10. The molecule has 0 unspecified atom stereocenters. The van der Waals surface area contributed by atoms with E-state index < -0.39 is 0 Å². The van der Waals surface area contributed by atoms with Gasteiger partial charge in [0.25, 0.3) is 0 Å². The van der Waals surface area contributed by atoms with Gasteiger partial charge in [0.15, 0.2) is 5.17 Å². The molecule has 1 amide bonds. The van der Waals surface area contributed by atoms with Gasteiger partial charge in [0.1, 0.15) is 0 Å². The molecule has 0 aromatic heterocycles. The van der Waals surface area contributed by atoms with Gasteiger partial charge in [0, 0.05) is 5.75 Å². The van der Waals surface area contributed by atoms with E-state index in [1.54, 1.807) is 11.8 Å². The summed E-state index contributed by atoms with van der Waals surface area (Å²) in [6.45, 7) is 0.811. The maximum atomic E-state index is 11.6. The molecule has 0 saturated carbocycles. The molecule has 0 fully saturated rings. The quantitative estimate of drug-likeness (QED) is 0.819. The molecule has 15 heavy (non-hydrogen) atoms. The summed E-state index contributed by atoms with van der Waals surface area (Å²) in [6, 6.07) is 9.71. The van der Waals surface area contributed by atoms with Crippen molar-refractivity contribution in [1.29, 1.82) is 0 Å². The minimum atomic E-state index is 0.00866. The minimum absolute atomic E-state index is 0.00866. The largest absolute Gasteiger partial charge is 0.305 e. The molecule has 78 valence electrons. The van der Waals surface area contributed by atoms with Crippen molar-refractivity contribution in [3.05, 3.63) is 35.9 Å². The van der Waals surface area contributed by atoms with E-state index in [4.69, 9.17) is 0 Å². The van der Waals surface area contributed by atoms with Gasteiger partial charge < -0.3 is 5.32 Å². The van der Waals surface area contributed by atoms with Gasteiger partial charge in [-0.05, 0) is 5.56 Å². The maximum Gasteiger partial charge on any atom is 0.230 e. The molecule has 1 heterocycles. The van der Waals surface area contributed by atoms with Crippen molar-refractivity contribution in [2.75, 3.05) is 12.3 Å². The molecule has 1 N–H and O–H groups in total. The molecule has 1 aliphatic rings. The first-order chi connectivity index (χ1) is 7.34. The average Bonchev–Trinajstić information content (AvgIpc) is 2.71. The molecule has 0 aliphatic carbocycles. The van der Waals surface area contributed by atoms with Gasteiger partial charge in [-0.15, -0.1) is 0 Å². The summed E-state index contributed by atoms with van der Waals surface area (Å²) in [5, 5.41) is 3.56. The van der Waals surface area contributed by atoms with Crippen molar-refractivity contribution >= 4 is 22.8 Å². The number of amides is 1. The molecule has 0 radical (unpaired) electrons. The van der Waals surface area contributed by atoms with E-state index in [0.29, 0.717) is 6.42 Å². The van der Waals surface area contributed by atoms with Crippen LogP contribution in [0.15, 0.2) is 35.3 Å². The summed E-state index contributed by atoms with van der Waals surface area (Å²) < 4.78 is 0. The van der Waals surface area contributed by atoms with Crippen molar-refractivity contribution in [2.24, 2.45) is 4.99 Å². The summed E-state index contributed by atoms with van der Waals surface area (Å²) >= 11 is 1.60. The molecule has 0 saturated heterocycles. The lowest BCUT2D eigenvalue weighted by Crippen LogP contribution is -2.28. The molecular formula is C11H12N2OS. The van der Waals surface area contributed by atoms with E-state index in [-0.39, 0.29) is 5.91 Å². The number of carbonyl (C=O) groups is 1. The fourth-order valence-electron chi connectivity index (χ4n) is 1.36. The number of rotatable bonds is 2. The van der Waals surface area contributed by atoms with Crippen LogP contribution in [0.2, 0.25) is 0 Å². The number of aliphatic imine (C=N–C) groups is 1. The Balaban J connectivity index is 1.87. The highest BCUT2D eigenvalue weighted by molar-refractivity contribution is 8.14. The molecule has 0 bridgehead atoms. The van der Waals surface area contributed by atoms with Crippen molar-refractivity contribution in [3.8, 4) is 0 Å². The average molecular weight is 220 g/mol. The second-order valence-corrected chi connectivity index (χ2v) is 4.33. The normalized spacial score (nSPS) is 14.8. The first-order valence-corrected chi connectivity index (χ1v) is 5.84. The first kappa shape index (κ1) is 10.2. The lowest BCUT2D eigenvalue weighted by Gasteiger charge is -2.03. The topological polar surface area (TPSA) is 41.5 Å². The highest BCUT2D eigenvalue weighted by atomic mass is 32.2. The van der Waals surface area contributed by atoms with Crippen LogP contribution >= 0.6 is 11.8 Å². The third-order valence-corrected chi connectivity index (χ3v) is 2.93. The van der Waals surface area contributed by atoms with E-state index in [1.165, 1.54) is 0 Å². The zero-order valence-electron chi connectivity index (χ0n) is 8.27. The van der Waals surface area contributed by atoms with Gasteiger partial charge in [-0.1, -0.05) is 42.1 Å². The zero-order chi connectivity index (χ0) is 10.5. The Morgan fingerprint density at radius 2 is 2.20 bits per heavy atom. The monoisotopic (exact) mass is 220 g/mol. The highest BCUT2D eigenvalue weighted by Gasteiger charge is 2.10. The Bertz CT molecular complexity index is 375. The number of hydrogen-bond acceptors (Lipinski definition) is 3. The van der Waals surface area contributed by atoms with Crippen LogP contribution in [0.4, 0.5) is 0 Å². The summed E-state index contributed by atoms with van der Waals surface area (Å²) in [5.41, 5.74) is 1.03. The third-order valence-electron chi connectivity index (χ3n) is 2.04. The SMILES string of the molecule is O=C(Cc1ccccc1)NC1=NCCS1. The van der Waals surface area contributed by atoms with E-state index in [0.717, 1.165) is 23.0 Å². The Morgan fingerprint density at radius 3 is 2.87 bits per heavy atom. The molecule has 0 spiro atoms. The number of thioether (sulfide) groups is 1. The maximum absolute atomic E-state index is 11.6. The number of nitrogens with zero attached hydrogens (tertiary/aromatic N) is 1. The van der Waals surface area contributed by atoms with Crippen molar-refractivity contribution in [2.45, 2.75) is 6.42 Å². The standard InChI is InChI=1S/C11H12N2OS/c14-10(13-11-12-6-7-15-11)8-9-4-2-1-3-5-9/h1-5H,6-8H2,(H,12,13,14). The van der Waals surface area contributed by atoms with Crippen LogP contribution in [0.25, 0.3) is 0 Å². The van der Waals surface area contributed by atoms with E-state index in [2.05, 4.69) is 10.3 Å². The van der Waals surface area contributed by atoms with Crippen molar-refractivity contribution in [1.82, 2.24) is 5.32 Å². The molecule has 1 aromatic rings. The minimum Gasteiger partial charge on any atom is -0.305 e. The van der Waals surface area contributed by atoms with Gasteiger partial charge >= 0.3 is 0 Å². The van der Waals surface area contributed by atoms with Crippen LogP contribution < -0.4 is 5.32 Å². The Hall–Kier alpha value is -1.29. The summed E-state index contributed by atoms with van der Waals surface area (Å²) in [7, 11) is 0. The molecule has 1 aliphatic heterocycles. The van der Waals surface area contributed by atoms with Crippen molar-refractivity contribution in [3.63, 3.8) is 0 Å². The molecule has 2 rings (SSSR count). The van der Waals surface area contributed by atoms with Crippen LogP contribution in [0, 0.1) is 0 Å². The number of hydrogen-bond donors (Lipinski definition) is 1. The number of benzene rings is 1. The number of amidine groups is 1. The number of nitrogens with one attached hydrogen (secondary N) is 1. The second kappa shape index (κ2) is 4.98. The second-order valence-electron chi connectivity index (χ2n) is 3.25. The van der Waals surface area contributed by atoms with Gasteiger partial charge in [-0.25, -0.2) is 0 Å².